The van der Waals surface area contributed by atoms with E-state index < -0.39 is 0 Å². The van der Waals surface area contributed by atoms with Crippen molar-refractivity contribution in [1.82, 2.24) is 0 Å². The van der Waals surface area contributed by atoms with E-state index in [9.17, 15) is 0 Å². The summed E-state index contributed by atoms with van der Waals surface area (Å²) in [5, 5.41) is 4.21. The van der Waals surface area contributed by atoms with Crippen molar-refractivity contribution in [3.63, 3.8) is 0 Å². The van der Waals surface area contributed by atoms with Crippen molar-refractivity contribution < 1.29 is 0 Å². The van der Waals surface area contributed by atoms with Gasteiger partial charge in [0.05, 0.1) is 4.88 Å². The van der Waals surface area contributed by atoms with Crippen LogP contribution < -0.4 is 0 Å². The van der Waals surface area contributed by atoms with Gasteiger partial charge in [0.15, 0.2) is 0 Å². The first-order valence-corrected chi connectivity index (χ1v) is 6.31. The number of hydrogen-bond donors (Lipinski definition) is 0. The van der Waals surface area contributed by atoms with Crippen molar-refractivity contribution in [2.24, 2.45) is 0 Å². The smallest absolute Gasteiger partial charge is 0.0590 e. The molecule has 0 aliphatic carbocycles. The Balaban J connectivity index is 2.53. The van der Waals surface area contributed by atoms with Gasteiger partial charge in [-0.2, -0.15) is 0 Å². The maximum Gasteiger partial charge on any atom is 0.0590 e. The van der Waals surface area contributed by atoms with Gasteiger partial charge in [0.25, 0.3) is 0 Å². The minimum atomic E-state index is 1.16. The van der Waals surface area contributed by atoms with Crippen LogP contribution >= 0.6 is 38.6 Å². The minimum Gasteiger partial charge on any atom is -0.143 e. The Bertz CT molecular complexity index is 412. The van der Waals surface area contributed by atoms with Crippen molar-refractivity contribution in [2.75, 3.05) is 0 Å². The largest absolute Gasteiger partial charge is 0.143 e. The van der Waals surface area contributed by atoms with Crippen molar-refractivity contribution in [2.45, 2.75) is 0 Å². The Morgan fingerprint density at radius 3 is 2.77 bits per heavy atom. The van der Waals surface area contributed by atoms with Gasteiger partial charge in [-0.25, -0.2) is 0 Å². The average Bonchev–Trinajstić information content (AvgIpc) is 2.72. The van der Waals surface area contributed by atoms with Crippen molar-refractivity contribution in [3.8, 4) is 9.75 Å². The number of halogens is 1. The molecule has 66 valence electrons. The maximum atomic E-state index is 3.77. The van der Waals surface area contributed by atoms with Crippen LogP contribution in [0, 0.1) is 0 Å². The van der Waals surface area contributed by atoms with Crippen LogP contribution in [0.1, 0.15) is 5.56 Å². The third-order valence-corrected chi connectivity index (χ3v) is 4.89. The molecule has 3 heteroatoms. The summed E-state index contributed by atoms with van der Waals surface area (Å²) in [4.78, 5) is 2.61. The number of thiophene rings is 2. The summed E-state index contributed by atoms with van der Waals surface area (Å²) in [7, 11) is 0. The van der Waals surface area contributed by atoms with Crippen LogP contribution in [-0.4, -0.2) is 0 Å². The van der Waals surface area contributed by atoms with E-state index in [0.29, 0.717) is 0 Å². The van der Waals surface area contributed by atoms with Crippen LogP contribution in [0.5, 0.6) is 0 Å². The molecule has 0 N–H and O–H groups in total. The Morgan fingerprint density at radius 1 is 1.38 bits per heavy atom. The fraction of sp³-hybridized carbons (Fsp3) is 0. The van der Waals surface area contributed by atoms with Gasteiger partial charge in [0.2, 0.25) is 0 Å². The third-order valence-electron chi connectivity index (χ3n) is 1.72. The molecule has 0 unspecified atom stereocenters. The summed E-state index contributed by atoms with van der Waals surface area (Å²) >= 11 is 7.09. The van der Waals surface area contributed by atoms with E-state index in [1.54, 1.807) is 22.7 Å². The highest BCUT2D eigenvalue weighted by atomic mass is 79.9. The van der Waals surface area contributed by atoms with Crippen LogP contribution in [0.3, 0.4) is 0 Å². The lowest BCUT2D eigenvalue weighted by Gasteiger charge is -1.93. The summed E-state index contributed by atoms with van der Waals surface area (Å²) in [5.74, 6) is 0. The first-order chi connectivity index (χ1) is 6.33. The second kappa shape index (κ2) is 3.78. The van der Waals surface area contributed by atoms with E-state index in [2.05, 4.69) is 45.4 Å². The molecule has 0 aromatic carbocycles. The zero-order chi connectivity index (χ0) is 9.26. The molecule has 0 spiro atoms. The third kappa shape index (κ3) is 1.64. The van der Waals surface area contributed by atoms with Crippen molar-refractivity contribution in [3.05, 3.63) is 39.5 Å². The summed E-state index contributed by atoms with van der Waals surface area (Å²) in [5.41, 5.74) is 1.17. The molecular weight excluding hydrogens is 264 g/mol. The van der Waals surface area contributed by atoms with Crippen molar-refractivity contribution >= 4 is 44.7 Å². The lowest BCUT2D eigenvalue weighted by Crippen LogP contribution is -1.67. The van der Waals surface area contributed by atoms with E-state index in [0.717, 1.165) is 4.47 Å². The monoisotopic (exact) mass is 270 g/mol. The molecule has 0 atom stereocenters. The fourth-order valence-electron chi connectivity index (χ4n) is 1.07. The molecule has 0 aliphatic heterocycles. The first kappa shape index (κ1) is 9.19. The fourth-order valence-corrected chi connectivity index (χ4v) is 3.94. The number of hydrogen-bond acceptors (Lipinski definition) is 2. The molecule has 0 bridgehead atoms. The number of rotatable bonds is 2. The molecule has 0 amide bonds. The lowest BCUT2D eigenvalue weighted by molar-refractivity contribution is 1.78. The Kier molecular flexibility index (Phi) is 2.67. The Hall–Kier alpha value is -0.380. The van der Waals surface area contributed by atoms with Crippen LogP contribution in [0.25, 0.3) is 15.8 Å². The molecule has 0 saturated carbocycles. The van der Waals surface area contributed by atoms with E-state index in [1.165, 1.54) is 15.3 Å². The lowest BCUT2D eigenvalue weighted by atomic mass is 10.3. The molecule has 2 aromatic heterocycles. The SMILES string of the molecule is C=Cc1csc(-c2cccs2)c1Br. The Morgan fingerprint density at radius 2 is 2.23 bits per heavy atom. The van der Waals surface area contributed by atoms with E-state index in [1.807, 2.05) is 6.08 Å². The predicted molar refractivity (Wildman–Crippen MR) is 65.4 cm³/mol. The standard InChI is InChI=1S/C10H7BrS2/c1-2-7-6-13-10(9(7)11)8-4-3-5-12-8/h2-6H,1H2. The van der Waals surface area contributed by atoms with Crippen LogP contribution in [0.2, 0.25) is 0 Å². The van der Waals surface area contributed by atoms with E-state index in [4.69, 9.17) is 0 Å². The van der Waals surface area contributed by atoms with E-state index in [-0.39, 0.29) is 0 Å². The van der Waals surface area contributed by atoms with Crippen LogP contribution in [0.15, 0.2) is 33.9 Å². The van der Waals surface area contributed by atoms with Crippen LogP contribution in [0.4, 0.5) is 0 Å². The summed E-state index contributed by atoms with van der Waals surface area (Å²) in [6.45, 7) is 3.77. The minimum absolute atomic E-state index is 1.16. The molecule has 0 saturated heterocycles. The Labute approximate surface area is 93.7 Å². The highest BCUT2D eigenvalue weighted by Gasteiger charge is 2.08. The molecular formula is C10H7BrS2. The second-order valence-corrected chi connectivity index (χ2v) is 5.14. The van der Waals surface area contributed by atoms with Gasteiger partial charge in [-0.1, -0.05) is 18.7 Å². The molecule has 0 fully saturated rings. The van der Waals surface area contributed by atoms with Gasteiger partial charge in [0, 0.05) is 9.35 Å². The van der Waals surface area contributed by atoms with Crippen LogP contribution in [-0.2, 0) is 0 Å². The van der Waals surface area contributed by atoms with Gasteiger partial charge in [-0.05, 0) is 38.3 Å². The zero-order valence-electron chi connectivity index (χ0n) is 6.79. The highest BCUT2D eigenvalue weighted by molar-refractivity contribution is 9.10. The summed E-state index contributed by atoms with van der Waals surface area (Å²) < 4.78 is 1.16. The zero-order valence-corrected chi connectivity index (χ0v) is 10.0. The maximum absolute atomic E-state index is 3.77. The van der Waals surface area contributed by atoms with Gasteiger partial charge < -0.3 is 0 Å². The molecule has 13 heavy (non-hydrogen) atoms. The van der Waals surface area contributed by atoms with Gasteiger partial charge in [-0.3, -0.25) is 0 Å². The quantitative estimate of drug-likeness (QED) is 0.730. The normalized spacial score (nSPS) is 10.2. The highest BCUT2D eigenvalue weighted by Crippen LogP contribution is 2.39. The first-order valence-electron chi connectivity index (χ1n) is 3.76. The molecule has 2 heterocycles. The van der Waals surface area contributed by atoms with E-state index >= 15 is 0 Å². The van der Waals surface area contributed by atoms with Gasteiger partial charge in [0.1, 0.15) is 0 Å². The summed E-state index contributed by atoms with van der Waals surface area (Å²) in [6.07, 6.45) is 1.87. The molecule has 0 nitrogen and oxygen atoms in total. The molecule has 0 radical (unpaired) electrons. The molecule has 2 aromatic rings. The summed E-state index contributed by atoms with van der Waals surface area (Å²) in [6, 6.07) is 4.20. The van der Waals surface area contributed by atoms with Gasteiger partial charge >= 0.3 is 0 Å². The van der Waals surface area contributed by atoms with Crippen molar-refractivity contribution in [1.29, 1.82) is 0 Å². The molecule has 2 rings (SSSR count). The predicted octanol–water partition coefficient (Wildman–Crippen LogP) is 4.88. The average molecular weight is 271 g/mol. The van der Waals surface area contributed by atoms with Gasteiger partial charge in [-0.15, -0.1) is 22.7 Å². The molecule has 0 aliphatic rings. The second-order valence-electron chi connectivity index (χ2n) is 2.52. The topological polar surface area (TPSA) is 0 Å².